The molecule has 2 heterocycles. The molecule has 11 heavy (non-hydrogen) atoms. The lowest BCUT2D eigenvalue weighted by molar-refractivity contribution is 0.0167. The van der Waals surface area contributed by atoms with Gasteiger partial charge in [-0.25, -0.2) is 0 Å². The van der Waals surface area contributed by atoms with Crippen molar-refractivity contribution in [3.05, 3.63) is 0 Å². The summed E-state index contributed by atoms with van der Waals surface area (Å²) in [6, 6.07) is 0. The molecule has 2 heteroatoms. The van der Waals surface area contributed by atoms with E-state index in [-0.39, 0.29) is 0 Å². The van der Waals surface area contributed by atoms with Gasteiger partial charge in [0.25, 0.3) is 0 Å². The molecule has 0 amide bonds. The number of hydrogen-bond donors (Lipinski definition) is 1. The van der Waals surface area contributed by atoms with Crippen molar-refractivity contribution in [3.63, 3.8) is 0 Å². The summed E-state index contributed by atoms with van der Waals surface area (Å²) in [6.45, 7) is 2.51. The molecule has 64 valence electrons. The summed E-state index contributed by atoms with van der Waals surface area (Å²) in [6.07, 6.45) is 6.96. The molecule has 1 N–H and O–H groups in total. The minimum atomic E-state index is 0.427. The molecule has 0 aromatic carbocycles. The number of nitrogens with zero attached hydrogens (tertiary/aromatic N) is 1. The van der Waals surface area contributed by atoms with Crippen LogP contribution in [-0.2, 0) is 0 Å². The lowest BCUT2D eigenvalue weighted by Gasteiger charge is -2.49. The summed E-state index contributed by atoms with van der Waals surface area (Å²) < 4.78 is 0. The summed E-state index contributed by atoms with van der Waals surface area (Å²) in [5.74, 6) is 0. The third-order valence-corrected chi connectivity index (χ3v) is 3.31. The van der Waals surface area contributed by atoms with Crippen molar-refractivity contribution in [1.29, 1.82) is 0 Å². The van der Waals surface area contributed by atoms with Gasteiger partial charge in [0.05, 0.1) is 5.66 Å². The molecule has 0 aliphatic carbocycles. The maximum absolute atomic E-state index is 3.58. The molecular formula is C9H18N2. The van der Waals surface area contributed by atoms with Gasteiger partial charge in [-0.1, -0.05) is 12.8 Å². The molecule has 1 atom stereocenters. The average Bonchev–Trinajstić information content (AvgIpc) is 2.09. The molecular weight excluding hydrogens is 136 g/mol. The highest BCUT2D eigenvalue weighted by molar-refractivity contribution is 4.95. The SMILES string of the molecule is CN1CCCCCC12CCN2. The van der Waals surface area contributed by atoms with Crippen molar-refractivity contribution >= 4 is 0 Å². The number of rotatable bonds is 0. The third-order valence-electron chi connectivity index (χ3n) is 3.31. The molecule has 0 aromatic heterocycles. The number of likely N-dealkylation sites (tertiary alicyclic amines) is 1. The standard InChI is InChI=1S/C9H18N2/c1-11-8-4-2-3-5-9(11)6-7-10-9/h10H,2-8H2,1H3. The van der Waals surface area contributed by atoms with Gasteiger partial charge in [-0.15, -0.1) is 0 Å². The Morgan fingerprint density at radius 1 is 1.18 bits per heavy atom. The Morgan fingerprint density at radius 3 is 2.64 bits per heavy atom. The molecule has 0 saturated carbocycles. The largest absolute Gasteiger partial charge is 0.299 e. The van der Waals surface area contributed by atoms with Gasteiger partial charge < -0.3 is 0 Å². The molecule has 2 nitrogen and oxygen atoms in total. The summed E-state index contributed by atoms with van der Waals surface area (Å²) in [5.41, 5.74) is 0.427. The first-order valence-electron chi connectivity index (χ1n) is 4.80. The highest BCUT2D eigenvalue weighted by Crippen LogP contribution is 2.31. The van der Waals surface area contributed by atoms with E-state index in [1.54, 1.807) is 0 Å². The highest BCUT2D eigenvalue weighted by Gasteiger charge is 2.40. The van der Waals surface area contributed by atoms with Crippen molar-refractivity contribution in [3.8, 4) is 0 Å². The Balaban J connectivity index is 2.03. The Bertz CT molecular complexity index is 140. The van der Waals surface area contributed by atoms with Gasteiger partial charge in [0, 0.05) is 0 Å². The van der Waals surface area contributed by atoms with Gasteiger partial charge in [0.15, 0.2) is 0 Å². The van der Waals surface area contributed by atoms with E-state index in [9.17, 15) is 0 Å². The van der Waals surface area contributed by atoms with Crippen LogP contribution in [0.4, 0.5) is 0 Å². The van der Waals surface area contributed by atoms with Crippen LogP contribution in [0.5, 0.6) is 0 Å². The van der Waals surface area contributed by atoms with Crippen LogP contribution in [-0.4, -0.2) is 30.7 Å². The van der Waals surface area contributed by atoms with Crippen LogP contribution in [0.25, 0.3) is 0 Å². The van der Waals surface area contributed by atoms with Crippen LogP contribution in [0.1, 0.15) is 32.1 Å². The molecule has 2 aliphatic rings. The highest BCUT2D eigenvalue weighted by atomic mass is 15.3. The molecule has 2 saturated heterocycles. The molecule has 2 fully saturated rings. The van der Waals surface area contributed by atoms with Crippen molar-refractivity contribution in [2.45, 2.75) is 37.8 Å². The zero-order chi connectivity index (χ0) is 7.73. The third kappa shape index (κ3) is 1.18. The fourth-order valence-electron chi connectivity index (χ4n) is 2.30. The average molecular weight is 154 g/mol. The van der Waals surface area contributed by atoms with E-state index in [1.807, 2.05) is 0 Å². The van der Waals surface area contributed by atoms with Gasteiger partial charge in [-0.05, 0) is 39.4 Å². The van der Waals surface area contributed by atoms with E-state index in [1.165, 1.54) is 45.2 Å². The van der Waals surface area contributed by atoms with E-state index in [0.29, 0.717) is 5.66 Å². The fraction of sp³-hybridized carbons (Fsp3) is 1.00. The second-order valence-electron chi connectivity index (χ2n) is 3.94. The molecule has 2 aliphatic heterocycles. The van der Waals surface area contributed by atoms with Gasteiger partial charge in [-0.3, -0.25) is 10.2 Å². The molecule has 0 bridgehead atoms. The van der Waals surface area contributed by atoms with Crippen molar-refractivity contribution in [2.24, 2.45) is 0 Å². The first kappa shape index (κ1) is 7.56. The van der Waals surface area contributed by atoms with Gasteiger partial charge in [0.1, 0.15) is 0 Å². The summed E-state index contributed by atoms with van der Waals surface area (Å²) in [5, 5.41) is 3.58. The molecule has 0 aromatic rings. The van der Waals surface area contributed by atoms with Crippen molar-refractivity contribution < 1.29 is 0 Å². The Hall–Kier alpha value is -0.0800. The second kappa shape index (κ2) is 2.76. The summed E-state index contributed by atoms with van der Waals surface area (Å²) in [4.78, 5) is 2.52. The first-order valence-corrected chi connectivity index (χ1v) is 4.80. The lowest BCUT2D eigenvalue weighted by atomic mass is 9.92. The number of hydrogen-bond acceptors (Lipinski definition) is 2. The van der Waals surface area contributed by atoms with E-state index < -0.39 is 0 Å². The predicted molar refractivity (Wildman–Crippen MR) is 46.4 cm³/mol. The minimum absolute atomic E-state index is 0.427. The van der Waals surface area contributed by atoms with Gasteiger partial charge in [-0.2, -0.15) is 0 Å². The van der Waals surface area contributed by atoms with Crippen LogP contribution >= 0.6 is 0 Å². The van der Waals surface area contributed by atoms with Crippen molar-refractivity contribution in [1.82, 2.24) is 10.2 Å². The van der Waals surface area contributed by atoms with E-state index in [2.05, 4.69) is 17.3 Å². The van der Waals surface area contributed by atoms with Gasteiger partial charge in [0.2, 0.25) is 0 Å². The Morgan fingerprint density at radius 2 is 2.00 bits per heavy atom. The molecule has 0 radical (unpaired) electrons. The Labute approximate surface area is 69.0 Å². The molecule has 2 rings (SSSR count). The van der Waals surface area contributed by atoms with Crippen LogP contribution in [0.15, 0.2) is 0 Å². The zero-order valence-electron chi connectivity index (χ0n) is 7.40. The van der Waals surface area contributed by atoms with E-state index >= 15 is 0 Å². The topological polar surface area (TPSA) is 15.3 Å². The number of nitrogens with one attached hydrogen (secondary N) is 1. The van der Waals surface area contributed by atoms with E-state index in [4.69, 9.17) is 0 Å². The molecule has 1 unspecified atom stereocenters. The second-order valence-corrected chi connectivity index (χ2v) is 3.94. The molecule has 1 spiro atoms. The van der Waals surface area contributed by atoms with Crippen LogP contribution in [0.3, 0.4) is 0 Å². The van der Waals surface area contributed by atoms with E-state index in [0.717, 1.165) is 0 Å². The maximum Gasteiger partial charge on any atom is 0.0722 e. The Kier molecular flexibility index (Phi) is 1.90. The van der Waals surface area contributed by atoms with Crippen LogP contribution in [0.2, 0.25) is 0 Å². The normalized spacial score (nSPS) is 40.1. The smallest absolute Gasteiger partial charge is 0.0722 e. The maximum atomic E-state index is 3.58. The predicted octanol–water partition coefficient (Wildman–Crippen LogP) is 1.18. The van der Waals surface area contributed by atoms with Crippen LogP contribution < -0.4 is 5.32 Å². The lowest BCUT2D eigenvalue weighted by Crippen LogP contribution is -2.65. The summed E-state index contributed by atoms with van der Waals surface area (Å²) in [7, 11) is 2.26. The van der Waals surface area contributed by atoms with Gasteiger partial charge >= 0.3 is 0 Å². The quantitative estimate of drug-likeness (QED) is 0.563. The minimum Gasteiger partial charge on any atom is -0.299 e. The first-order chi connectivity index (χ1) is 5.33. The van der Waals surface area contributed by atoms with Crippen molar-refractivity contribution in [2.75, 3.05) is 20.1 Å². The summed E-state index contributed by atoms with van der Waals surface area (Å²) >= 11 is 0. The monoisotopic (exact) mass is 154 g/mol. The fourth-order valence-corrected chi connectivity index (χ4v) is 2.30. The zero-order valence-corrected chi connectivity index (χ0v) is 7.40. The van der Waals surface area contributed by atoms with Crippen LogP contribution in [0, 0.1) is 0 Å².